The molecule has 0 atom stereocenters. The monoisotopic (exact) mass is 427 g/mol. The average molecular weight is 428 g/mol. The first-order valence-corrected chi connectivity index (χ1v) is 10.3. The fraction of sp³-hybridized carbons (Fsp3) is 0.111. The van der Waals surface area contributed by atoms with Crippen molar-refractivity contribution in [3.05, 3.63) is 95.6 Å². The number of rotatable bonds is 5. The van der Waals surface area contributed by atoms with E-state index < -0.39 is 0 Å². The maximum atomic E-state index is 10.4. The number of nitrogens with zero attached hydrogens (tertiary/aromatic N) is 1. The Hall–Kier alpha value is -4.12. The molecule has 4 aromatic carbocycles. The zero-order chi connectivity index (χ0) is 22.8. The van der Waals surface area contributed by atoms with Crippen molar-refractivity contribution in [3.8, 4) is 28.7 Å². The molecule has 0 spiro atoms. The predicted octanol–water partition coefficient (Wildman–Crippen LogP) is 6.99. The topological polar surface area (TPSA) is 73.2 Å². The highest BCUT2D eigenvalue weighted by atomic mass is 16.5. The molecule has 4 aromatic rings. The molecule has 0 aliphatic rings. The van der Waals surface area contributed by atoms with Crippen molar-refractivity contribution >= 4 is 17.1 Å². The van der Waals surface area contributed by atoms with Gasteiger partial charge in [-0.3, -0.25) is 0 Å². The van der Waals surface area contributed by atoms with Crippen molar-refractivity contribution < 1.29 is 20.1 Å². The van der Waals surface area contributed by atoms with E-state index in [2.05, 4.69) is 0 Å². The third-order valence-corrected chi connectivity index (χ3v) is 5.40. The number of ether oxygens (including phenoxy) is 1. The second kappa shape index (κ2) is 8.55. The molecular formula is C27H25NO4. The summed E-state index contributed by atoms with van der Waals surface area (Å²) >= 11 is 0. The number of anilines is 3. The quantitative estimate of drug-likeness (QED) is 0.320. The number of aromatic hydroxyl groups is 3. The highest BCUT2D eigenvalue weighted by Gasteiger charge is 2.22. The van der Waals surface area contributed by atoms with Crippen molar-refractivity contribution in [2.75, 3.05) is 4.90 Å². The van der Waals surface area contributed by atoms with E-state index in [1.165, 1.54) is 0 Å². The van der Waals surface area contributed by atoms with Gasteiger partial charge in [0.05, 0.1) is 17.1 Å². The SMILES string of the molecule is Cc1cc(O)cc(Oc2ccccc2N(c2cccc(O)c2C)c2cccc(O)c2C)c1. The third kappa shape index (κ3) is 4.05. The Kier molecular flexibility index (Phi) is 5.65. The van der Waals surface area contributed by atoms with E-state index in [0.29, 0.717) is 22.6 Å². The first-order chi connectivity index (χ1) is 15.3. The lowest BCUT2D eigenvalue weighted by atomic mass is 10.1. The first kappa shape index (κ1) is 21.1. The van der Waals surface area contributed by atoms with Gasteiger partial charge in [-0.25, -0.2) is 0 Å². The lowest BCUT2D eigenvalue weighted by Crippen LogP contribution is -2.13. The Morgan fingerprint density at radius 2 is 1.19 bits per heavy atom. The molecule has 32 heavy (non-hydrogen) atoms. The zero-order valence-corrected chi connectivity index (χ0v) is 18.2. The van der Waals surface area contributed by atoms with Crippen LogP contribution in [0.2, 0.25) is 0 Å². The van der Waals surface area contributed by atoms with Crippen LogP contribution in [0.1, 0.15) is 16.7 Å². The van der Waals surface area contributed by atoms with Gasteiger partial charge in [-0.15, -0.1) is 0 Å². The molecule has 0 aromatic heterocycles. The number of aryl methyl sites for hydroxylation is 1. The molecule has 4 rings (SSSR count). The molecule has 5 heteroatoms. The van der Waals surface area contributed by atoms with Crippen LogP contribution in [0.3, 0.4) is 0 Å². The number of hydrogen-bond acceptors (Lipinski definition) is 5. The van der Waals surface area contributed by atoms with Crippen molar-refractivity contribution in [1.82, 2.24) is 0 Å². The molecule has 0 saturated heterocycles. The lowest BCUT2D eigenvalue weighted by molar-refractivity contribution is 0.454. The average Bonchev–Trinajstić information content (AvgIpc) is 2.74. The number of phenolic OH excluding ortho intramolecular Hbond substituents is 3. The maximum Gasteiger partial charge on any atom is 0.151 e. The zero-order valence-electron chi connectivity index (χ0n) is 18.2. The third-order valence-electron chi connectivity index (χ3n) is 5.40. The Morgan fingerprint density at radius 3 is 1.78 bits per heavy atom. The second-order valence-corrected chi connectivity index (χ2v) is 7.75. The minimum Gasteiger partial charge on any atom is -0.508 e. The van der Waals surface area contributed by atoms with Gasteiger partial charge in [0.1, 0.15) is 23.0 Å². The summed E-state index contributed by atoms with van der Waals surface area (Å²) in [6, 6.07) is 23.3. The van der Waals surface area contributed by atoms with E-state index in [0.717, 1.165) is 22.6 Å². The molecule has 0 fully saturated rings. The number of para-hydroxylation sites is 2. The van der Waals surface area contributed by atoms with Gasteiger partial charge in [0.15, 0.2) is 5.75 Å². The summed E-state index contributed by atoms with van der Waals surface area (Å²) in [5.74, 6) is 1.54. The minimum absolute atomic E-state index is 0.127. The second-order valence-electron chi connectivity index (χ2n) is 7.75. The summed E-state index contributed by atoms with van der Waals surface area (Å²) in [5, 5.41) is 30.8. The van der Waals surface area contributed by atoms with Gasteiger partial charge in [-0.2, -0.15) is 0 Å². The summed E-state index contributed by atoms with van der Waals surface area (Å²) in [6.45, 7) is 5.58. The summed E-state index contributed by atoms with van der Waals surface area (Å²) in [6.07, 6.45) is 0. The summed E-state index contributed by atoms with van der Waals surface area (Å²) < 4.78 is 6.21. The molecule has 0 radical (unpaired) electrons. The largest absolute Gasteiger partial charge is 0.508 e. The number of benzene rings is 4. The van der Waals surface area contributed by atoms with Crippen LogP contribution in [0.5, 0.6) is 28.7 Å². The molecular weight excluding hydrogens is 402 g/mol. The molecule has 0 saturated carbocycles. The molecule has 0 unspecified atom stereocenters. The molecule has 5 nitrogen and oxygen atoms in total. The Balaban J connectivity index is 1.93. The van der Waals surface area contributed by atoms with E-state index in [1.807, 2.05) is 68.1 Å². The first-order valence-electron chi connectivity index (χ1n) is 10.3. The van der Waals surface area contributed by atoms with E-state index in [-0.39, 0.29) is 17.2 Å². The molecule has 0 aliphatic carbocycles. The Bertz CT molecular complexity index is 1210. The summed E-state index contributed by atoms with van der Waals surface area (Å²) in [5.41, 5.74) is 4.48. The van der Waals surface area contributed by atoms with Crippen molar-refractivity contribution in [3.63, 3.8) is 0 Å². The molecule has 3 N–H and O–H groups in total. The highest BCUT2D eigenvalue weighted by Crippen LogP contribution is 2.46. The molecule has 0 amide bonds. The van der Waals surface area contributed by atoms with Gasteiger partial charge in [0.25, 0.3) is 0 Å². The van der Waals surface area contributed by atoms with Crippen LogP contribution in [-0.2, 0) is 0 Å². The van der Waals surface area contributed by atoms with E-state index >= 15 is 0 Å². The van der Waals surface area contributed by atoms with Gasteiger partial charge in [0, 0.05) is 17.2 Å². The summed E-state index contributed by atoms with van der Waals surface area (Å²) in [4.78, 5) is 1.95. The maximum absolute atomic E-state index is 10.4. The fourth-order valence-electron chi connectivity index (χ4n) is 3.74. The lowest BCUT2D eigenvalue weighted by Gasteiger charge is -2.30. The van der Waals surface area contributed by atoms with Crippen molar-refractivity contribution in [2.45, 2.75) is 20.8 Å². The van der Waals surface area contributed by atoms with E-state index in [4.69, 9.17) is 4.74 Å². The molecule has 0 aliphatic heterocycles. The number of hydrogen-bond donors (Lipinski definition) is 3. The minimum atomic E-state index is 0.127. The summed E-state index contributed by atoms with van der Waals surface area (Å²) in [7, 11) is 0. The van der Waals surface area contributed by atoms with E-state index in [9.17, 15) is 15.3 Å². The molecule has 162 valence electrons. The Labute approximate surface area is 187 Å². The smallest absolute Gasteiger partial charge is 0.151 e. The van der Waals surface area contributed by atoms with Gasteiger partial charge in [-0.1, -0.05) is 24.3 Å². The van der Waals surface area contributed by atoms with E-state index in [1.54, 1.807) is 36.4 Å². The Morgan fingerprint density at radius 1 is 0.625 bits per heavy atom. The predicted molar refractivity (Wildman–Crippen MR) is 127 cm³/mol. The van der Waals surface area contributed by atoms with Crippen LogP contribution >= 0.6 is 0 Å². The van der Waals surface area contributed by atoms with Crippen molar-refractivity contribution in [1.29, 1.82) is 0 Å². The molecule has 0 bridgehead atoms. The molecule has 0 heterocycles. The van der Waals surface area contributed by atoms with Crippen LogP contribution < -0.4 is 9.64 Å². The van der Waals surface area contributed by atoms with Crippen LogP contribution in [0.15, 0.2) is 78.9 Å². The standard InChI is InChI=1S/C27H25NO4/c1-17-14-20(29)16-21(15-17)32-27-13-5-4-8-24(27)28(22-9-6-11-25(30)18(22)2)23-10-7-12-26(31)19(23)3/h4-16,29-31H,1-3H3. The number of phenols is 3. The van der Waals surface area contributed by atoms with Gasteiger partial charge < -0.3 is 25.0 Å². The highest BCUT2D eigenvalue weighted by molar-refractivity contribution is 5.84. The van der Waals surface area contributed by atoms with Crippen molar-refractivity contribution in [2.24, 2.45) is 0 Å². The van der Waals surface area contributed by atoms with Gasteiger partial charge in [-0.05, 0) is 74.9 Å². The fourth-order valence-corrected chi connectivity index (χ4v) is 3.74. The van der Waals surface area contributed by atoms with Crippen LogP contribution in [0.4, 0.5) is 17.1 Å². The van der Waals surface area contributed by atoms with Gasteiger partial charge >= 0.3 is 0 Å². The van der Waals surface area contributed by atoms with Crippen LogP contribution in [-0.4, -0.2) is 15.3 Å². The van der Waals surface area contributed by atoms with Gasteiger partial charge in [0.2, 0.25) is 0 Å². The van der Waals surface area contributed by atoms with Crippen LogP contribution in [0.25, 0.3) is 0 Å². The normalized spacial score (nSPS) is 10.7. The van der Waals surface area contributed by atoms with Crippen LogP contribution in [0, 0.1) is 20.8 Å².